The van der Waals surface area contributed by atoms with Crippen molar-refractivity contribution < 1.29 is 31.0 Å². The largest absolute Gasteiger partial charge is 0.383 e. The molecular formula is C14H16F2N2O5S. The van der Waals surface area contributed by atoms with Crippen LogP contribution in [-0.4, -0.2) is 39.6 Å². The summed E-state index contributed by atoms with van der Waals surface area (Å²) >= 11 is 0. The summed E-state index contributed by atoms with van der Waals surface area (Å²) in [6.07, 6.45) is 0.937. The van der Waals surface area contributed by atoms with Gasteiger partial charge in [-0.25, -0.2) is 8.78 Å². The van der Waals surface area contributed by atoms with E-state index in [1.54, 1.807) is 0 Å². The van der Waals surface area contributed by atoms with Crippen molar-refractivity contribution in [1.29, 1.82) is 0 Å². The van der Waals surface area contributed by atoms with Crippen LogP contribution < -0.4 is 10.6 Å². The molecule has 1 aromatic rings. The molecule has 2 rings (SSSR count). The van der Waals surface area contributed by atoms with Gasteiger partial charge >= 0.3 is 0 Å². The second kappa shape index (κ2) is 7.22. The van der Waals surface area contributed by atoms with E-state index in [1.165, 1.54) is 0 Å². The monoisotopic (exact) mass is 362 g/mol. The molecule has 0 aromatic heterocycles. The predicted molar refractivity (Wildman–Crippen MR) is 80.8 cm³/mol. The van der Waals surface area contributed by atoms with Gasteiger partial charge in [-0.15, -0.1) is 0 Å². The number of hydrogen-bond acceptors (Lipinski definition) is 6. The molecule has 0 radical (unpaired) electrons. The maximum absolute atomic E-state index is 14.2. The molecule has 1 atom stereocenters. The molecule has 0 spiro atoms. The van der Waals surface area contributed by atoms with Crippen LogP contribution in [0, 0.1) is 11.6 Å². The number of piperidine rings is 1. The molecule has 2 N–H and O–H groups in total. The second-order valence-corrected chi connectivity index (χ2v) is 6.95. The van der Waals surface area contributed by atoms with Gasteiger partial charge in [0.2, 0.25) is 11.8 Å². The summed E-state index contributed by atoms with van der Waals surface area (Å²) in [6.45, 7) is -0.180. The fourth-order valence-electron chi connectivity index (χ4n) is 2.38. The van der Waals surface area contributed by atoms with Crippen molar-refractivity contribution in [3.05, 3.63) is 29.3 Å². The average Bonchev–Trinajstić information content (AvgIpc) is 2.44. The Bertz CT molecular complexity index is 743. The summed E-state index contributed by atoms with van der Waals surface area (Å²) in [7, 11) is -3.59. The Morgan fingerprint density at radius 2 is 1.92 bits per heavy atom. The van der Waals surface area contributed by atoms with Crippen LogP contribution in [0.5, 0.6) is 0 Å². The second-order valence-electron chi connectivity index (χ2n) is 5.31. The Balaban J connectivity index is 2.08. The molecule has 1 saturated heterocycles. The third-order valence-corrected chi connectivity index (χ3v) is 3.99. The lowest BCUT2D eigenvalue weighted by Crippen LogP contribution is -2.40. The number of anilines is 1. The smallest absolute Gasteiger partial charge is 0.264 e. The Kier molecular flexibility index (Phi) is 5.50. The minimum absolute atomic E-state index is 0.0120. The van der Waals surface area contributed by atoms with Crippen LogP contribution in [0.15, 0.2) is 12.1 Å². The lowest BCUT2D eigenvalue weighted by atomic mass is 9.89. The number of imide groups is 1. The third-order valence-electron chi connectivity index (χ3n) is 3.40. The van der Waals surface area contributed by atoms with Gasteiger partial charge in [-0.1, -0.05) is 0 Å². The number of hydrogen-bond donors (Lipinski definition) is 2. The van der Waals surface area contributed by atoms with E-state index in [0.717, 1.165) is 18.4 Å². The molecule has 1 unspecified atom stereocenters. The van der Waals surface area contributed by atoms with Crippen LogP contribution >= 0.6 is 0 Å². The first-order valence-corrected chi connectivity index (χ1v) is 8.90. The highest BCUT2D eigenvalue weighted by Crippen LogP contribution is 2.31. The number of carbonyl (C=O) groups is 2. The van der Waals surface area contributed by atoms with Crippen LogP contribution in [0.1, 0.15) is 24.3 Å². The van der Waals surface area contributed by atoms with Gasteiger partial charge in [0.05, 0.1) is 18.8 Å². The lowest BCUT2D eigenvalue weighted by Gasteiger charge is -2.22. The first kappa shape index (κ1) is 18.3. The molecule has 1 aliphatic rings. The zero-order valence-corrected chi connectivity index (χ0v) is 13.6. The zero-order chi connectivity index (χ0) is 17.9. The molecule has 1 aliphatic heterocycles. The number of rotatable bonds is 6. The summed E-state index contributed by atoms with van der Waals surface area (Å²) in [5, 5.41) is 4.68. The minimum Gasteiger partial charge on any atom is -0.383 e. The average molecular weight is 362 g/mol. The van der Waals surface area contributed by atoms with Gasteiger partial charge in [-0.2, -0.15) is 8.42 Å². The molecule has 7 nitrogen and oxygen atoms in total. The van der Waals surface area contributed by atoms with Crippen molar-refractivity contribution in [1.82, 2.24) is 5.32 Å². The van der Waals surface area contributed by atoms with Crippen molar-refractivity contribution in [3.8, 4) is 0 Å². The molecule has 0 bridgehead atoms. The Morgan fingerprint density at radius 1 is 1.29 bits per heavy atom. The van der Waals surface area contributed by atoms with Crippen LogP contribution in [0.2, 0.25) is 0 Å². The third kappa shape index (κ3) is 4.71. The standard InChI is InChI=1S/C14H16F2N2O5S/c1-24(21,22)23-5-4-17-8-6-10(15)13(11(16)7-8)9-2-3-12(19)18-14(9)20/h6-7,9,17H,2-5H2,1H3,(H,18,19,20). The first-order chi connectivity index (χ1) is 11.2. The van der Waals surface area contributed by atoms with Gasteiger partial charge < -0.3 is 5.32 Å². The van der Waals surface area contributed by atoms with Crippen molar-refractivity contribution >= 4 is 27.6 Å². The quantitative estimate of drug-likeness (QED) is 0.442. The maximum Gasteiger partial charge on any atom is 0.264 e. The predicted octanol–water partition coefficient (Wildman–Crippen LogP) is 0.873. The zero-order valence-electron chi connectivity index (χ0n) is 12.8. The number of amides is 2. The van der Waals surface area contributed by atoms with E-state index in [-0.39, 0.29) is 31.7 Å². The summed E-state index contributed by atoms with van der Waals surface area (Å²) in [4.78, 5) is 22.9. The number of carbonyl (C=O) groups excluding carboxylic acids is 2. The van der Waals surface area contributed by atoms with Gasteiger partial charge in [0, 0.05) is 24.2 Å². The fourth-order valence-corrected chi connectivity index (χ4v) is 2.76. The van der Waals surface area contributed by atoms with E-state index in [0.29, 0.717) is 0 Å². The van der Waals surface area contributed by atoms with Crippen molar-refractivity contribution in [2.24, 2.45) is 0 Å². The molecule has 0 saturated carbocycles. The van der Waals surface area contributed by atoms with E-state index in [9.17, 15) is 26.8 Å². The first-order valence-electron chi connectivity index (χ1n) is 7.08. The summed E-state index contributed by atoms with van der Waals surface area (Å²) < 4.78 is 54.5. The summed E-state index contributed by atoms with van der Waals surface area (Å²) in [6, 6.07) is 2.01. The maximum atomic E-state index is 14.2. The summed E-state index contributed by atoms with van der Waals surface area (Å²) in [5.74, 6) is -4.11. The molecule has 2 amide bonds. The molecule has 1 aromatic carbocycles. The van der Waals surface area contributed by atoms with E-state index < -0.39 is 45.0 Å². The molecule has 0 aliphatic carbocycles. The van der Waals surface area contributed by atoms with E-state index in [2.05, 4.69) is 14.8 Å². The van der Waals surface area contributed by atoms with Crippen LogP contribution in [0.3, 0.4) is 0 Å². The van der Waals surface area contributed by atoms with Crippen molar-refractivity contribution in [3.63, 3.8) is 0 Å². The fraction of sp³-hybridized carbons (Fsp3) is 0.429. The molecular weight excluding hydrogens is 346 g/mol. The van der Waals surface area contributed by atoms with Gasteiger partial charge in [-0.3, -0.25) is 19.1 Å². The highest BCUT2D eigenvalue weighted by molar-refractivity contribution is 7.85. The van der Waals surface area contributed by atoms with Crippen molar-refractivity contribution in [2.75, 3.05) is 24.7 Å². The molecule has 1 fully saturated rings. The normalized spacial score (nSPS) is 18.4. The van der Waals surface area contributed by atoms with Gasteiger partial charge in [0.1, 0.15) is 11.6 Å². The lowest BCUT2D eigenvalue weighted by molar-refractivity contribution is -0.134. The van der Waals surface area contributed by atoms with E-state index in [4.69, 9.17) is 0 Å². The Hall–Kier alpha value is -2.07. The van der Waals surface area contributed by atoms with Crippen LogP contribution in [0.25, 0.3) is 0 Å². The minimum atomic E-state index is -3.59. The Labute approximate surface area is 137 Å². The SMILES string of the molecule is CS(=O)(=O)OCCNc1cc(F)c(C2CCC(=O)NC2=O)c(F)c1. The number of halogens is 2. The van der Waals surface area contributed by atoms with Gasteiger partial charge in [0.15, 0.2) is 0 Å². The van der Waals surface area contributed by atoms with E-state index in [1.807, 2.05) is 0 Å². The van der Waals surface area contributed by atoms with Gasteiger partial charge in [0.25, 0.3) is 10.1 Å². The molecule has 1 heterocycles. The van der Waals surface area contributed by atoms with Crippen molar-refractivity contribution in [2.45, 2.75) is 18.8 Å². The number of benzene rings is 1. The van der Waals surface area contributed by atoms with E-state index >= 15 is 0 Å². The van der Waals surface area contributed by atoms with Crippen LogP contribution in [0.4, 0.5) is 14.5 Å². The molecule has 10 heteroatoms. The highest BCUT2D eigenvalue weighted by Gasteiger charge is 2.32. The summed E-state index contributed by atoms with van der Waals surface area (Å²) in [5.41, 5.74) is -0.309. The van der Waals surface area contributed by atoms with Gasteiger partial charge in [-0.05, 0) is 18.6 Å². The molecule has 24 heavy (non-hydrogen) atoms. The highest BCUT2D eigenvalue weighted by atomic mass is 32.2. The molecule has 132 valence electrons. The Morgan fingerprint density at radius 3 is 2.46 bits per heavy atom. The van der Waals surface area contributed by atoms with Crippen LogP contribution in [-0.2, 0) is 23.9 Å². The number of nitrogens with one attached hydrogen (secondary N) is 2. The topological polar surface area (TPSA) is 102 Å².